The van der Waals surface area contributed by atoms with Crippen molar-refractivity contribution >= 4 is 27.6 Å². The topological polar surface area (TPSA) is 107 Å². The molecular formula is C17H15BrN8O. The zero-order chi connectivity index (χ0) is 19.0. The number of hydrogen-bond donors (Lipinski definition) is 1. The van der Waals surface area contributed by atoms with E-state index in [1.807, 2.05) is 26.8 Å². The molecular weight excluding hydrogens is 412 g/mol. The van der Waals surface area contributed by atoms with Gasteiger partial charge in [0.15, 0.2) is 5.82 Å². The quantitative estimate of drug-likeness (QED) is 0.527. The summed E-state index contributed by atoms with van der Waals surface area (Å²) in [6, 6.07) is 1.85. The molecule has 0 atom stereocenters. The monoisotopic (exact) mass is 426 g/mol. The van der Waals surface area contributed by atoms with Gasteiger partial charge in [0.05, 0.1) is 53.1 Å². The summed E-state index contributed by atoms with van der Waals surface area (Å²) in [5.74, 6) is 1.94. The van der Waals surface area contributed by atoms with Crippen LogP contribution in [0.15, 0.2) is 39.8 Å². The Labute approximate surface area is 163 Å². The highest BCUT2D eigenvalue weighted by Gasteiger charge is 2.15. The summed E-state index contributed by atoms with van der Waals surface area (Å²) in [6.07, 6.45) is 6.77. The molecule has 0 radical (unpaired) electrons. The first kappa shape index (κ1) is 17.3. The Hall–Kier alpha value is -3.14. The van der Waals surface area contributed by atoms with Crippen LogP contribution in [-0.4, -0.2) is 35.1 Å². The number of aromatic nitrogens is 7. The number of pyridine rings is 1. The van der Waals surface area contributed by atoms with Crippen LogP contribution >= 0.6 is 15.9 Å². The second-order valence-corrected chi connectivity index (χ2v) is 6.74. The predicted molar refractivity (Wildman–Crippen MR) is 102 cm³/mol. The maximum absolute atomic E-state index is 5.23. The van der Waals surface area contributed by atoms with E-state index in [1.54, 1.807) is 29.5 Å². The molecule has 0 aliphatic carbocycles. The van der Waals surface area contributed by atoms with E-state index in [0.29, 0.717) is 23.1 Å². The van der Waals surface area contributed by atoms with Crippen molar-refractivity contribution in [3.8, 4) is 16.9 Å². The molecule has 136 valence electrons. The fourth-order valence-corrected chi connectivity index (χ4v) is 3.16. The van der Waals surface area contributed by atoms with Gasteiger partial charge in [0.2, 0.25) is 0 Å². The third kappa shape index (κ3) is 3.31. The molecule has 0 aliphatic rings. The highest BCUT2D eigenvalue weighted by atomic mass is 79.9. The van der Waals surface area contributed by atoms with Gasteiger partial charge in [-0.25, -0.2) is 14.6 Å². The molecule has 0 aromatic carbocycles. The van der Waals surface area contributed by atoms with Crippen LogP contribution in [0.2, 0.25) is 0 Å². The van der Waals surface area contributed by atoms with E-state index >= 15 is 0 Å². The predicted octanol–water partition coefficient (Wildman–Crippen LogP) is 3.54. The minimum absolute atomic E-state index is 0.611. The van der Waals surface area contributed by atoms with Crippen LogP contribution in [0.1, 0.15) is 17.1 Å². The Morgan fingerprint density at radius 1 is 1.11 bits per heavy atom. The molecule has 0 spiro atoms. The summed E-state index contributed by atoms with van der Waals surface area (Å²) < 4.78 is 7.68. The van der Waals surface area contributed by atoms with Gasteiger partial charge in [0.25, 0.3) is 0 Å². The third-order valence-corrected chi connectivity index (χ3v) is 4.63. The first-order valence-electron chi connectivity index (χ1n) is 8.09. The summed E-state index contributed by atoms with van der Waals surface area (Å²) >= 11 is 3.54. The normalized spacial score (nSPS) is 11.0. The molecule has 0 amide bonds. The molecule has 4 rings (SSSR count). The van der Waals surface area contributed by atoms with Crippen molar-refractivity contribution in [2.24, 2.45) is 0 Å². The molecule has 9 nitrogen and oxygen atoms in total. The van der Waals surface area contributed by atoms with Crippen molar-refractivity contribution in [1.29, 1.82) is 0 Å². The lowest BCUT2D eigenvalue weighted by atomic mass is 10.1. The van der Waals surface area contributed by atoms with Gasteiger partial charge in [-0.2, -0.15) is 0 Å². The number of aryl methyl sites for hydroxylation is 3. The van der Waals surface area contributed by atoms with Gasteiger partial charge >= 0.3 is 0 Å². The zero-order valence-electron chi connectivity index (χ0n) is 14.8. The average molecular weight is 427 g/mol. The van der Waals surface area contributed by atoms with Crippen LogP contribution in [-0.2, 0) is 0 Å². The van der Waals surface area contributed by atoms with Crippen molar-refractivity contribution in [2.45, 2.75) is 20.8 Å². The Morgan fingerprint density at radius 2 is 1.96 bits per heavy atom. The van der Waals surface area contributed by atoms with Gasteiger partial charge in [0.1, 0.15) is 11.6 Å². The molecule has 1 N–H and O–H groups in total. The molecule has 0 saturated carbocycles. The van der Waals surface area contributed by atoms with E-state index in [1.165, 1.54) is 0 Å². The maximum atomic E-state index is 5.23. The Bertz CT molecular complexity index is 1090. The highest BCUT2D eigenvalue weighted by molar-refractivity contribution is 9.10. The van der Waals surface area contributed by atoms with E-state index in [0.717, 1.165) is 27.1 Å². The van der Waals surface area contributed by atoms with E-state index in [2.05, 4.69) is 51.7 Å². The van der Waals surface area contributed by atoms with Gasteiger partial charge in [-0.3, -0.25) is 4.98 Å². The highest BCUT2D eigenvalue weighted by Crippen LogP contribution is 2.28. The van der Waals surface area contributed by atoms with Crippen LogP contribution in [0.5, 0.6) is 0 Å². The van der Waals surface area contributed by atoms with Crippen molar-refractivity contribution in [2.75, 3.05) is 5.32 Å². The standard InChI is InChI=1S/C17H15BrN8O/c1-9-16(11(3)27-24-9)13-7-19-10(2)17(22-13)23-15-6-12(18)14(8-20-15)26-5-4-21-25-26/h4-8H,1-3H3,(H,20,22,23). The SMILES string of the molecule is Cc1ncc(-c2c(C)noc2C)nc1Nc1cc(Br)c(-n2ccnn2)cn1. The summed E-state index contributed by atoms with van der Waals surface area (Å²) in [4.78, 5) is 13.5. The van der Waals surface area contributed by atoms with Gasteiger partial charge in [-0.05, 0) is 42.8 Å². The molecule has 0 bridgehead atoms. The second-order valence-electron chi connectivity index (χ2n) is 5.88. The lowest BCUT2D eigenvalue weighted by molar-refractivity contribution is 0.393. The Balaban J connectivity index is 1.67. The van der Waals surface area contributed by atoms with Gasteiger partial charge < -0.3 is 9.84 Å². The summed E-state index contributed by atoms with van der Waals surface area (Å²) in [5, 5.41) is 15.0. The van der Waals surface area contributed by atoms with Gasteiger partial charge in [-0.1, -0.05) is 10.4 Å². The first-order chi connectivity index (χ1) is 13.0. The third-order valence-electron chi connectivity index (χ3n) is 3.99. The van der Waals surface area contributed by atoms with E-state index < -0.39 is 0 Å². The van der Waals surface area contributed by atoms with Crippen molar-refractivity contribution < 1.29 is 4.52 Å². The fraction of sp³-hybridized carbons (Fsp3) is 0.176. The van der Waals surface area contributed by atoms with Crippen molar-refractivity contribution in [1.82, 2.24) is 35.1 Å². The van der Waals surface area contributed by atoms with Crippen LogP contribution in [0.25, 0.3) is 16.9 Å². The number of halogens is 1. The van der Waals surface area contributed by atoms with E-state index in [4.69, 9.17) is 4.52 Å². The number of hydrogen-bond acceptors (Lipinski definition) is 8. The first-order valence-corrected chi connectivity index (χ1v) is 8.88. The lowest BCUT2D eigenvalue weighted by Gasteiger charge is -2.11. The molecule has 27 heavy (non-hydrogen) atoms. The molecule has 0 aliphatic heterocycles. The number of rotatable bonds is 4. The zero-order valence-corrected chi connectivity index (χ0v) is 16.4. The molecule has 4 aromatic heterocycles. The molecule has 0 fully saturated rings. The van der Waals surface area contributed by atoms with Crippen molar-refractivity contribution in [3.05, 3.63) is 52.5 Å². The molecule has 4 aromatic rings. The van der Waals surface area contributed by atoms with Crippen LogP contribution < -0.4 is 5.32 Å². The number of nitrogens with zero attached hydrogens (tertiary/aromatic N) is 7. The minimum atomic E-state index is 0.611. The summed E-state index contributed by atoms with van der Waals surface area (Å²) in [5.41, 5.74) is 3.85. The lowest BCUT2D eigenvalue weighted by Crippen LogP contribution is -2.04. The van der Waals surface area contributed by atoms with Gasteiger partial charge in [0, 0.05) is 4.47 Å². The average Bonchev–Trinajstić information content (AvgIpc) is 3.28. The van der Waals surface area contributed by atoms with E-state index in [-0.39, 0.29) is 0 Å². The van der Waals surface area contributed by atoms with Crippen LogP contribution in [0.3, 0.4) is 0 Å². The van der Waals surface area contributed by atoms with Crippen LogP contribution in [0.4, 0.5) is 11.6 Å². The Morgan fingerprint density at radius 3 is 2.63 bits per heavy atom. The van der Waals surface area contributed by atoms with E-state index in [9.17, 15) is 0 Å². The van der Waals surface area contributed by atoms with Crippen molar-refractivity contribution in [3.63, 3.8) is 0 Å². The molecule has 0 saturated heterocycles. The molecule has 0 unspecified atom stereocenters. The smallest absolute Gasteiger partial charge is 0.153 e. The maximum Gasteiger partial charge on any atom is 0.153 e. The second kappa shape index (κ2) is 6.88. The fourth-order valence-electron chi connectivity index (χ4n) is 2.66. The molecule has 4 heterocycles. The summed E-state index contributed by atoms with van der Waals surface area (Å²) in [7, 11) is 0. The van der Waals surface area contributed by atoms with Gasteiger partial charge in [-0.15, -0.1) is 5.10 Å². The number of nitrogens with one attached hydrogen (secondary N) is 1. The number of anilines is 2. The minimum Gasteiger partial charge on any atom is -0.361 e. The Kier molecular flexibility index (Phi) is 4.40. The largest absolute Gasteiger partial charge is 0.361 e. The summed E-state index contributed by atoms with van der Waals surface area (Å²) in [6.45, 7) is 5.61. The molecule has 10 heteroatoms. The van der Waals surface area contributed by atoms with Crippen LogP contribution in [0, 0.1) is 20.8 Å².